The number of rotatable bonds is 6. The molecule has 4 aromatic rings. The molecule has 0 spiro atoms. The van der Waals surface area contributed by atoms with Crippen molar-refractivity contribution < 1.29 is 13.6 Å². The second-order valence-electron chi connectivity index (χ2n) is 8.63. The molecule has 5 rings (SSSR count). The van der Waals surface area contributed by atoms with Gasteiger partial charge in [0.1, 0.15) is 11.6 Å². The molecule has 0 fully saturated rings. The topological polar surface area (TPSA) is 60.0 Å². The molecular weight excluding hydrogens is 456 g/mol. The minimum atomic E-state index is -0.366. The van der Waals surface area contributed by atoms with Crippen molar-refractivity contribution in [1.82, 2.24) is 9.99 Å². The quantitative estimate of drug-likeness (QED) is 0.302. The number of nitrogens with two attached hydrogens (primary N) is 1. The van der Waals surface area contributed by atoms with Crippen LogP contribution in [0.2, 0.25) is 0 Å². The van der Waals surface area contributed by atoms with Crippen LogP contribution in [-0.2, 0) is 19.3 Å². The molecule has 34 heavy (non-hydrogen) atoms. The lowest BCUT2D eigenvalue weighted by Gasteiger charge is -2.24. The molecule has 1 aromatic heterocycles. The third-order valence-corrected chi connectivity index (χ3v) is 6.53. The van der Waals surface area contributed by atoms with Crippen LogP contribution in [0.4, 0.5) is 8.78 Å². The number of fused-ring (bicyclic) bond motifs is 3. The van der Waals surface area contributed by atoms with E-state index in [9.17, 15) is 13.6 Å². The summed E-state index contributed by atoms with van der Waals surface area (Å²) in [7, 11) is 0. The van der Waals surface area contributed by atoms with E-state index in [-0.39, 0.29) is 29.8 Å². The Morgan fingerprint density at radius 2 is 1.62 bits per heavy atom. The van der Waals surface area contributed by atoms with Crippen LogP contribution in [-0.4, -0.2) is 23.0 Å². The molecule has 0 bridgehead atoms. The molecule has 0 radical (unpaired) electrons. The van der Waals surface area contributed by atoms with Crippen molar-refractivity contribution in [1.29, 1.82) is 0 Å². The number of nitrogen functional groups attached to an aromatic ring is 1. The van der Waals surface area contributed by atoms with Gasteiger partial charge in [0.05, 0.1) is 5.52 Å². The van der Waals surface area contributed by atoms with Crippen LogP contribution in [0.3, 0.4) is 0 Å². The number of aromatic nitrogens is 1. The van der Waals surface area contributed by atoms with Gasteiger partial charge in [-0.15, -0.1) is 12.4 Å². The van der Waals surface area contributed by atoms with Gasteiger partial charge in [-0.1, -0.05) is 12.1 Å². The number of ketones is 1. The number of nitrogens with one attached hydrogen (secondary N) is 1. The Balaban J connectivity index is 0.00000274. The molecule has 1 heterocycles. The number of carbonyl (C=O) groups excluding carboxylic acids is 1. The van der Waals surface area contributed by atoms with Crippen molar-refractivity contribution >= 4 is 29.1 Å². The maximum Gasteiger partial charge on any atom is 0.193 e. The molecule has 0 saturated carbocycles. The number of carbonyl (C=O) groups is 1. The fourth-order valence-corrected chi connectivity index (χ4v) is 4.75. The molecule has 1 atom stereocenters. The van der Waals surface area contributed by atoms with Gasteiger partial charge in [0, 0.05) is 28.2 Å². The van der Waals surface area contributed by atoms with Crippen LogP contribution >= 0.6 is 12.4 Å². The van der Waals surface area contributed by atoms with E-state index < -0.39 is 0 Å². The third kappa shape index (κ3) is 4.69. The highest BCUT2D eigenvalue weighted by Crippen LogP contribution is 2.32. The number of hydrogen-bond donors (Lipinski definition) is 2. The third-order valence-electron chi connectivity index (χ3n) is 6.53. The Morgan fingerprint density at radius 1 is 0.971 bits per heavy atom. The van der Waals surface area contributed by atoms with Gasteiger partial charge in [-0.05, 0) is 98.0 Å². The Bertz CT molecular complexity index is 1320. The van der Waals surface area contributed by atoms with Crippen molar-refractivity contribution in [2.45, 2.75) is 31.7 Å². The van der Waals surface area contributed by atoms with Crippen molar-refractivity contribution in [3.8, 4) is 0 Å². The molecule has 3 aromatic carbocycles. The SMILES string of the molecule is Cl.Nn1c2c(c3cc(C(=O)c4ccc(F)cc4)ccc31)CC(NCCc1ccc(F)cc1)CC2. The molecule has 1 aliphatic rings. The molecule has 0 saturated heterocycles. The van der Waals surface area contributed by atoms with Gasteiger partial charge in [-0.2, -0.15) is 0 Å². The number of halogens is 3. The minimum Gasteiger partial charge on any atom is -0.339 e. The summed E-state index contributed by atoms with van der Waals surface area (Å²) in [5, 5.41) is 4.61. The van der Waals surface area contributed by atoms with Gasteiger partial charge in [0.25, 0.3) is 0 Å². The molecule has 4 nitrogen and oxygen atoms in total. The maximum absolute atomic E-state index is 13.2. The summed E-state index contributed by atoms with van der Waals surface area (Å²) in [4.78, 5) is 12.9. The van der Waals surface area contributed by atoms with Gasteiger partial charge >= 0.3 is 0 Å². The monoisotopic (exact) mass is 481 g/mol. The first-order chi connectivity index (χ1) is 16.0. The van der Waals surface area contributed by atoms with Crippen LogP contribution < -0.4 is 11.2 Å². The highest BCUT2D eigenvalue weighted by molar-refractivity contribution is 6.10. The normalized spacial score (nSPS) is 15.1. The van der Waals surface area contributed by atoms with E-state index in [1.807, 2.05) is 24.3 Å². The van der Waals surface area contributed by atoms with Gasteiger partial charge in [0.15, 0.2) is 5.78 Å². The maximum atomic E-state index is 13.2. The predicted molar refractivity (Wildman–Crippen MR) is 133 cm³/mol. The van der Waals surface area contributed by atoms with Gasteiger partial charge in [-0.25, -0.2) is 8.78 Å². The molecule has 1 unspecified atom stereocenters. The van der Waals surface area contributed by atoms with E-state index in [1.165, 1.54) is 42.0 Å². The van der Waals surface area contributed by atoms with Gasteiger partial charge < -0.3 is 11.2 Å². The Labute approximate surface area is 203 Å². The Morgan fingerprint density at radius 3 is 2.32 bits per heavy atom. The molecular formula is C27H26ClF2N3O. The summed E-state index contributed by atoms with van der Waals surface area (Å²) in [5.41, 5.74) is 5.30. The van der Waals surface area contributed by atoms with Crippen molar-refractivity contribution in [3.05, 3.63) is 106 Å². The molecule has 0 aliphatic heterocycles. The fraction of sp³-hybridized carbons (Fsp3) is 0.222. The summed E-state index contributed by atoms with van der Waals surface area (Å²) in [6, 6.07) is 18.1. The van der Waals surface area contributed by atoms with Crippen LogP contribution in [0.1, 0.15) is 39.2 Å². The summed E-state index contributed by atoms with van der Waals surface area (Å²) >= 11 is 0. The number of hydrogen-bond acceptors (Lipinski definition) is 3. The largest absolute Gasteiger partial charge is 0.339 e. The van der Waals surface area contributed by atoms with Crippen molar-refractivity contribution in [2.24, 2.45) is 0 Å². The first-order valence-electron chi connectivity index (χ1n) is 11.2. The Hall–Kier alpha value is -3.22. The van der Waals surface area contributed by atoms with Crippen LogP contribution in [0.25, 0.3) is 10.9 Å². The van der Waals surface area contributed by atoms with Crippen LogP contribution in [0.5, 0.6) is 0 Å². The average molecular weight is 482 g/mol. The van der Waals surface area contributed by atoms with E-state index >= 15 is 0 Å². The second-order valence-corrected chi connectivity index (χ2v) is 8.63. The summed E-state index contributed by atoms with van der Waals surface area (Å²) < 4.78 is 28.1. The number of nitrogens with zero attached hydrogens (tertiary/aromatic N) is 1. The van der Waals surface area contributed by atoms with E-state index in [0.29, 0.717) is 17.2 Å². The zero-order valence-corrected chi connectivity index (χ0v) is 19.4. The van der Waals surface area contributed by atoms with Crippen molar-refractivity contribution in [2.75, 3.05) is 12.4 Å². The van der Waals surface area contributed by atoms with Crippen LogP contribution in [0.15, 0.2) is 66.7 Å². The van der Waals surface area contributed by atoms with Crippen LogP contribution in [0, 0.1) is 11.6 Å². The van der Waals surface area contributed by atoms with E-state index in [4.69, 9.17) is 5.84 Å². The van der Waals surface area contributed by atoms with E-state index in [1.54, 1.807) is 10.7 Å². The molecule has 3 N–H and O–H groups in total. The summed E-state index contributed by atoms with van der Waals surface area (Å²) in [5.74, 6) is 5.66. The first-order valence-corrected chi connectivity index (χ1v) is 11.2. The summed E-state index contributed by atoms with van der Waals surface area (Å²) in [6.07, 6.45) is 3.49. The molecule has 1 aliphatic carbocycles. The highest BCUT2D eigenvalue weighted by atomic mass is 35.5. The lowest BCUT2D eigenvalue weighted by atomic mass is 9.90. The number of benzene rings is 3. The smallest absolute Gasteiger partial charge is 0.193 e. The second kappa shape index (κ2) is 9.95. The minimum absolute atomic E-state index is 0. The molecule has 7 heteroatoms. The average Bonchev–Trinajstić information content (AvgIpc) is 3.11. The highest BCUT2D eigenvalue weighted by Gasteiger charge is 2.25. The van der Waals surface area contributed by atoms with Gasteiger partial charge in [-0.3, -0.25) is 9.47 Å². The van der Waals surface area contributed by atoms with E-state index in [0.717, 1.165) is 54.4 Å². The van der Waals surface area contributed by atoms with Gasteiger partial charge in [0.2, 0.25) is 0 Å². The lowest BCUT2D eigenvalue weighted by Crippen LogP contribution is -2.36. The van der Waals surface area contributed by atoms with E-state index in [2.05, 4.69) is 5.32 Å². The molecule has 176 valence electrons. The first kappa shape index (κ1) is 23.9. The fourth-order valence-electron chi connectivity index (χ4n) is 4.75. The summed E-state index contributed by atoms with van der Waals surface area (Å²) in [6.45, 7) is 0.807. The Kier molecular flexibility index (Phi) is 7.00. The zero-order valence-electron chi connectivity index (χ0n) is 18.6. The standard InChI is InChI=1S/C27H25F2N3O.ClH/c28-20-6-1-17(2-7-20)13-14-31-22-10-12-26-24(16-22)23-15-19(5-11-25(23)32(26)30)27(33)18-3-8-21(29)9-4-18;/h1-9,11,15,22,31H,10,12-14,16,30H2;1H. The molecule has 0 amide bonds. The predicted octanol–water partition coefficient (Wildman–Crippen LogP) is 4.98. The lowest BCUT2D eigenvalue weighted by molar-refractivity contribution is 0.103. The van der Waals surface area contributed by atoms with Crippen molar-refractivity contribution in [3.63, 3.8) is 0 Å². The zero-order chi connectivity index (χ0) is 22.9.